The van der Waals surface area contributed by atoms with Crippen molar-refractivity contribution in [3.8, 4) is 0 Å². The van der Waals surface area contributed by atoms with E-state index in [1.54, 1.807) is 0 Å². The Hall–Kier alpha value is -0.130. The standard InChI is InChI=1S/C12H26N2O2S/c1-3-11-5-4-6-12(8-7-11)14-9-10-17(15,16)13-2/h11-14H,3-10H2,1-2H3. The fourth-order valence-electron chi connectivity index (χ4n) is 2.49. The molecule has 1 rings (SSSR count). The Balaban J connectivity index is 2.24. The largest absolute Gasteiger partial charge is 0.313 e. The summed E-state index contributed by atoms with van der Waals surface area (Å²) in [5.74, 6) is 1.06. The molecule has 0 aromatic carbocycles. The molecule has 17 heavy (non-hydrogen) atoms. The number of hydrogen-bond acceptors (Lipinski definition) is 3. The first-order chi connectivity index (χ1) is 8.07. The van der Waals surface area contributed by atoms with E-state index in [4.69, 9.17) is 0 Å². The summed E-state index contributed by atoms with van der Waals surface area (Å²) in [7, 11) is -1.59. The summed E-state index contributed by atoms with van der Waals surface area (Å²) in [6.07, 6.45) is 7.56. The highest BCUT2D eigenvalue weighted by Gasteiger charge is 2.17. The van der Waals surface area contributed by atoms with Crippen molar-refractivity contribution in [2.24, 2.45) is 5.92 Å². The molecule has 2 unspecified atom stereocenters. The van der Waals surface area contributed by atoms with Gasteiger partial charge in [0.15, 0.2) is 0 Å². The van der Waals surface area contributed by atoms with Crippen LogP contribution in [0.2, 0.25) is 0 Å². The van der Waals surface area contributed by atoms with Crippen LogP contribution in [0.25, 0.3) is 0 Å². The number of sulfonamides is 1. The molecule has 1 aliphatic rings. The molecule has 0 heterocycles. The van der Waals surface area contributed by atoms with E-state index in [9.17, 15) is 8.42 Å². The summed E-state index contributed by atoms with van der Waals surface area (Å²) >= 11 is 0. The van der Waals surface area contributed by atoms with Crippen LogP contribution < -0.4 is 10.0 Å². The lowest BCUT2D eigenvalue weighted by molar-refractivity contribution is 0.429. The topological polar surface area (TPSA) is 58.2 Å². The molecule has 2 N–H and O–H groups in total. The van der Waals surface area contributed by atoms with E-state index in [0.29, 0.717) is 12.6 Å². The Morgan fingerprint density at radius 1 is 1.18 bits per heavy atom. The van der Waals surface area contributed by atoms with Crippen molar-refractivity contribution < 1.29 is 8.42 Å². The highest BCUT2D eigenvalue weighted by atomic mass is 32.2. The molecule has 5 heteroatoms. The van der Waals surface area contributed by atoms with Gasteiger partial charge in [-0.05, 0) is 32.2 Å². The molecule has 0 bridgehead atoms. The third-order valence-electron chi connectivity index (χ3n) is 3.78. The smallest absolute Gasteiger partial charge is 0.212 e. The second-order valence-corrected chi connectivity index (χ2v) is 7.00. The van der Waals surface area contributed by atoms with Gasteiger partial charge in [0.2, 0.25) is 10.0 Å². The first-order valence-electron chi connectivity index (χ1n) is 6.72. The zero-order valence-corrected chi connectivity index (χ0v) is 11.9. The summed E-state index contributed by atoms with van der Waals surface area (Å²) in [6.45, 7) is 2.82. The Morgan fingerprint density at radius 2 is 1.94 bits per heavy atom. The van der Waals surface area contributed by atoms with Crippen molar-refractivity contribution in [1.82, 2.24) is 10.0 Å². The average Bonchev–Trinajstić information content (AvgIpc) is 2.54. The monoisotopic (exact) mass is 262 g/mol. The van der Waals surface area contributed by atoms with Gasteiger partial charge < -0.3 is 5.32 Å². The summed E-state index contributed by atoms with van der Waals surface area (Å²) in [6, 6.07) is 0.513. The van der Waals surface area contributed by atoms with Crippen molar-refractivity contribution in [1.29, 1.82) is 0 Å². The second-order valence-electron chi connectivity index (χ2n) is 4.96. The van der Waals surface area contributed by atoms with Gasteiger partial charge in [-0.1, -0.05) is 26.2 Å². The molecule has 1 aliphatic carbocycles. The van der Waals surface area contributed by atoms with Gasteiger partial charge in [0.25, 0.3) is 0 Å². The Bertz CT molecular complexity index is 304. The van der Waals surface area contributed by atoms with Gasteiger partial charge in [0, 0.05) is 12.6 Å². The third-order valence-corrected chi connectivity index (χ3v) is 5.14. The molecule has 0 aromatic rings. The van der Waals surface area contributed by atoms with Crippen LogP contribution in [0.1, 0.15) is 45.4 Å². The van der Waals surface area contributed by atoms with E-state index in [1.165, 1.54) is 45.6 Å². The lowest BCUT2D eigenvalue weighted by atomic mass is 9.98. The molecule has 0 aromatic heterocycles. The maximum Gasteiger partial charge on any atom is 0.212 e. The lowest BCUT2D eigenvalue weighted by Gasteiger charge is -2.16. The second kappa shape index (κ2) is 7.34. The quantitative estimate of drug-likeness (QED) is 0.713. The maximum atomic E-state index is 11.3. The minimum Gasteiger partial charge on any atom is -0.313 e. The lowest BCUT2D eigenvalue weighted by Crippen LogP contribution is -2.35. The molecular weight excluding hydrogens is 236 g/mol. The zero-order valence-electron chi connectivity index (χ0n) is 11.0. The third kappa shape index (κ3) is 5.84. The molecule has 1 fully saturated rings. The maximum absolute atomic E-state index is 11.3. The first-order valence-corrected chi connectivity index (χ1v) is 8.37. The molecule has 0 saturated heterocycles. The van der Waals surface area contributed by atoms with Gasteiger partial charge in [-0.15, -0.1) is 0 Å². The molecule has 2 atom stereocenters. The number of rotatable bonds is 6. The first kappa shape index (κ1) is 14.9. The van der Waals surface area contributed by atoms with Gasteiger partial charge in [0.1, 0.15) is 0 Å². The van der Waals surface area contributed by atoms with E-state index in [2.05, 4.69) is 17.0 Å². The SMILES string of the molecule is CCC1CCCC(NCCS(=O)(=O)NC)CC1. The van der Waals surface area contributed by atoms with Gasteiger partial charge in [0.05, 0.1) is 5.75 Å². The van der Waals surface area contributed by atoms with Crippen molar-refractivity contribution in [2.45, 2.75) is 51.5 Å². The summed E-state index contributed by atoms with van der Waals surface area (Å²) in [4.78, 5) is 0. The highest BCUT2D eigenvalue weighted by Crippen LogP contribution is 2.25. The van der Waals surface area contributed by atoms with E-state index < -0.39 is 10.0 Å². The van der Waals surface area contributed by atoms with Crippen molar-refractivity contribution in [2.75, 3.05) is 19.3 Å². The van der Waals surface area contributed by atoms with Crippen LogP contribution in [-0.4, -0.2) is 33.8 Å². The summed E-state index contributed by atoms with van der Waals surface area (Å²) in [5.41, 5.74) is 0. The van der Waals surface area contributed by atoms with Crippen LogP contribution in [0.15, 0.2) is 0 Å². The van der Waals surface area contributed by atoms with Crippen LogP contribution in [0.4, 0.5) is 0 Å². The Labute approximate surface area is 106 Å². The average molecular weight is 262 g/mol. The molecular formula is C12H26N2O2S. The Kier molecular flexibility index (Phi) is 6.44. The molecule has 0 aliphatic heterocycles. The number of nitrogens with one attached hydrogen (secondary N) is 2. The van der Waals surface area contributed by atoms with E-state index in [1.807, 2.05) is 0 Å². The normalized spacial score (nSPS) is 26.7. The van der Waals surface area contributed by atoms with Gasteiger partial charge in [-0.2, -0.15) is 0 Å². The minimum absolute atomic E-state index is 0.178. The molecule has 0 radical (unpaired) electrons. The predicted octanol–water partition coefficient (Wildman–Crippen LogP) is 1.48. The van der Waals surface area contributed by atoms with Crippen LogP contribution in [-0.2, 0) is 10.0 Å². The van der Waals surface area contributed by atoms with Gasteiger partial charge in [-0.3, -0.25) is 0 Å². The number of hydrogen-bond donors (Lipinski definition) is 2. The van der Waals surface area contributed by atoms with Crippen molar-refractivity contribution in [3.05, 3.63) is 0 Å². The molecule has 1 saturated carbocycles. The van der Waals surface area contributed by atoms with Crippen LogP contribution >= 0.6 is 0 Å². The van der Waals surface area contributed by atoms with Gasteiger partial charge in [-0.25, -0.2) is 13.1 Å². The molecule has 0 amide bonds. The molecule has 4 nitrogen and oxygen atoms in total. The fourth-order valence-corrected chi connectivity index (χ4v) is 3.08. The Morgan fingerprint density at radius 3 is 2.59 bits per heavy atom. The van der Waals surface area contributed by atoms with Crippen LogP contribution in [0.3, 0.4) is 0 Å². The zero-order chi connectivity index (χ0) is 12.7. The van der Waals surface area contributed by atoms with Crippen LogP contribution in [0.5, 0.6) is 0 Å². The van der Waals surface area contributed by atoms with Gasteiger partial charge >= 0.3 is 0 Å². The fraction of sp³-hybridized carbons (Fsp3) is 1.00. The minimum atomic E-state index is -3.06. The molecule has 102 valence electrons. The van der Waals surface area contributed by atoms with Crippen molar-refractivity contribution >= 4 is 10.0 Å². The summed E-state index contributed by atoms with van der Waals surface area (Å²) in [5, 5.41) is 3.38. The molecule has 0 spiro atoms. The van der Waals surface area contributed by atoms with E-state index in [0.717, 1.165) is 5.92 Å². The van der Waals surface area contributed by atoms with E-state index >= 15 is 0 Å². The van der Waals surface area contributed by atoms with Crippen LogP contribution in [0, 0.1) is 5.92 Å². The highest BCUT2D eigenvalue weighted by molar-refractivity contribution is 7.89. The van der Waals surface area contributed by atoms with Crippen molar-refractivity contribution in [3.63, 3.8) is 0 Å². The summed E-state index contributed by atoms with van der Waals surface area (Å²) < 4.78 is 24.9. The predicted molar refractivity (Wildman–Crippen MR) is 71.5 cm³/mol. The van der Waals surface area contributed by atoms with E-state index in [-0.39, 0.29) is 5.75 Å².